The first kappa shape index (κ1) is 20.8. The summed E-state index contributed by atoms with van der Waals surface area (Å²) in [5.41, 5.74) is -0.703. The summed E-state index contributed by atoms with van der Waals surface area (Å²) < 4.78 is 41.3. The molecule has 0 spiro atoms. The maximum atomic E-state index is 13.2. The largest absolute Gasteiger partial charge is 0.507 e. The summed E-state index contributed by atoms with van der Waals surface area (Å²) in [5.74, 6) is -0.130. The van der Waals surface area contributed by atoms with Gasteiger partial charge in [0, 0.05) is 15.6 Å². The second kappa shape index (κ2) is 7.99. The Balaban J connectivity index is 1.96. The summed E-state index contributed by atoms with van der Waals surface area (Å²) in [7, 11) is 0. The Morgan fingerprint density at radius 1 is 1.03 bits per heavy atom. The minimum Gasteiger partial charge on any atom is -0.507 e. The first-order valence-electron chi connectivity index (χ1n) is 8.96. The van der Waals surface area contributed by atoms with Gasteiger partial charge in [0.25, 0.3) is 5.56 Å². The molecule has 0 saturated heterocycles. The van der Waals surface area contributed by atoms with E-state index in [1.54, 1.807) is 36.4 Å². The van der Waals surface area contributed by atoms with E-state index in [1.807, 2.05) is 0 Å². The van der Waals surface area contributed by atoms with Gasteiger partial charge in [-0.2, -0.15) is 22.9 Å². The first-order valence-corrected chi connectivity index (χ1v) is 9.75. The van der Waals surface area contributed by atoms with Crippen molar-refractivity contribution in [2.75, 3.05) is 0 Å². The fourth-order valence-corrected chi connectivity index (χ4v) is 3.38. The van der Waals surface area contributed by atoms with E-state index < -0.39 is 17.3 Å². The van der Waals surface area contributed by atoms with Crippen LogP contribution in [0.25, 0.3) is 22.3 Å². The van der Waals surface area contributed by atoms with Crippen molar-refractivity contribution in [3.63, 3.8) is 0 Å². The lowest BCUT2D eigenvalue weighted by Gasteiger charge is -2.12. The molecule has 31 heavy (non-hydrogen) atoms. The van der Waals surface area contributed by atoms with Gasteiger partial charge in [-0.15, -0.1) is 0 Å². The van der Waals surface area contributed by atoms with Gasteiger partial charge in [0.2, 0.25) is 0 Å². The molecule has 0 fully saturated rings. The van der Waals surface area contributed by atoms with E-state index in [0.29, 0.717) is 15.6 Å². The summed E-state index contributed by atoms with van der Waals surface area (Å²) in [6.45, 7) is 0. The number of hydrogen-bond acceptors (Lipinski definition) is 4. The quantitative estimate of drug-likeness (QED) is 0.391. The van der Waals surface area contributed by atoms with Crippen molar-refractivity contribution >= 4 is 33.0 Å². The van der Waals surface area contributed by atoms with Crippen LogP contribution in [0.2, 0.25) is 0 Å². The summed E-state index contributed by atoms with van der Waals surface area (Å²) in [5, 5.41) is 14.4. The molecule has 1 aromatic heterocycles. The van der Waals surface area contributed by atoms with Crippen LogP contribution in [0.5, 0.6) is 5.75 Å². The third-order valence-corrected chi connectivity index (χ3v) is 5.00. The van der Waals surface area contributed by atoms with Crippen molar-refractivity contribution < 1.29 is 18.3 Å². The highest BCUT2D eigenvalue weighted by molar-refractivity contribution is 9.10. The van der Waals surface area contributed by atoms with E-state index in [2.05, 4.69) is 26.0 Å². The lowest BCUT2D eigenvalue weighted by atomic mass is 10.1. The van der Waals surface area contributed by atoms with Crippen molar-refractivity contribution in [1.29, 1.82) is 0 Å². The number of alkyl halides is 3. The number of halogens is 4. The third kappa shape index (κ3) is 4.22. The van der Waals surface area contributed by atoms with Gasteiger partial charge >= 0.3 is 6.18 Å². The Morgan fingerprint density at radius 2 is 1.81 bits per heavy atom. The van der Waals surface area contributed by atoms with Gasteiger partial charge in [0.05, 0.1) is 22.7 Å². The van der Waals surface area contributed by atoms with Crippen molar-refractivity contribution in [3.8, 4) is 17.1 Å². The van der Waals surface area contributed by atoms with E-state index >= 15 is 0 Å². The Morgan fingerprint density at radius 3 is 2.58 bits per heavy atom. The number of fused-ring (bicyclic) bond motifs is 1. The molecular weight excluding hydrogens is 475 g/mol. The highest BCUT2D eigenvalue weighted by Crippen LogP contribution is 2.32. The maximum Gasteiger partial charge on any atom is 0.416 e. The van der Waals surface area contributed by atoms with Crippen molar-refractivity contribution in [3.05, 3.63) is 92.7 Å². The molecule has 4 rings (SSSR count). The van der Waals surface area contributed by atoms with E-state index in [9.17, 15) is 23.1 Å². The maximum absolute atomic E-state index is 13.2. The molecule has 9 heteroatoms. The number of nitrogens with zero attached hydrogens (tertiary/aromatic N) is 3. The van der Waals surface area contributed by atoms with Crippen LogP contribution >= 0.6 is 15.9 Å². The second-order valence-electron chi connectivity index (χ2n) is 6.60. The summed E-state index contributed by atoms with van der Waals surface area (Å²) in [6, 6.07) is 15.7. The summed E-state index contributed by atoms with van der Waals surface area (Å²) in [4.78, 5) is 17.5. The summed E-state index contributed by atoms with van der Waals surface area (Å²) in [6.07, 6.45) is -3.31. The average Bonchev–Trinajstić information content (AvgIpc) is 2.75. The van der Waals surface area contributed by atoms with Crippen LogP contribution in [-0.4, -0.2) is 21.0 Å². The number of benzene rings is 3. The van der Waals surface area contributed by atoms with Gasteiger partial charge in [-0.3, -0.25) is 4.79 Å². The predicted molar refractivity (Wildman–Crippen MR) is 115 cm³/mol. The molecule has 0 radical (unpaired) electrons. The Labute approximate surface area is 182 Å². The normalized spacial score (nSPS) is 12.0. The van der Waals surface area contributed by atoms with Gasteiger partial charge in [-0.1, -0.05) is 40.2 Å². The standard InChI is InChI=1S/C22H13BrF3N3O2/c23-16-8-9-19(30)14(11-16)12-27-29-20(13-4-3-5-15(10-13)22(24,25)26)28-18-7-2-1-6-17(18)21(29)31/h1-12,30H. The van der Waals surface area contributed by atoms with Gasteiger partial charge in [-0.25, -0.2) is 4.98 Å². The molecule has 0 amide bonds. The third-order valence-electron chi connectivity index (χ3n) is 4.50. The topological polar surface area (TPSA) is 67.5 Å². The highest BCUT2D eigenvalue weighted by Gasteiger charge is 2.30. The minimum absolute atomic E-state index is 0.0551. The smallest absolute Gasteiger partial charge is 0.416 e. The first-order chi connectivity index (χ1) is 14.7. The van der Waals surface area contributed by atoms with E-state index in [-0.39, 0.29) is 22.5 Å². The molecular formula is C22H13BrF3N3O2. The molecule has 0 saturated carbocycles. The number of phenols is 1. The van der Waals surface area contributed by atoms with Crippen LogP contribution in [0.3, 0.4) is 0 Å². The fourth-order valence-electron chi connectivity index (χ4n) is 3.00. The Kier molecular flexibility index (Phi) is 5.36. The molecule has 0 bridgehead atoms. The van der Waals surface area contributed by atoms with E-state index in [4.69, 9.17) is 0 Å². The van der Waals surface area contributed by atoms with Crippen LogP contribution in [0.1, 0.15) is 11.1 Å². The van der Waals surface area contributed by atoms with Crippen molar-refractivity contribution in [1.82, 2.24) is 9.66 Å². The molecule has 0 atom stereocenters. The van der Waals surface area contributed by atoms with Crippen LogP contribution in [0.4, 0.5) is 13.2 Å². The predicted octanol–water partition coefficient (Wildman–Crippen LogP) is 5.43. The lowest BCUT2D eigenvalue weighted by Crippen LogP contribution is -2.20. The zero-order chi connectivity index (χ0) is 22.2. The Hall–Kier alpha value is -3.46. The zero-order valence-electron chi connectivity index (χ0n) is 15.6. The van der Waals surface area contributed by atoms with Crippen molar-refractivity contribution in [2.24, 2.45) is 5.10 Å². The molecule has 156 valence electrons. The van der Waals surface area contributed by atoms with Crippen molar-refractivity contribution in [2.45, 2.75) is 6.18 Å². The molecule has 0 aliphatic carbocycles. The number of para-hydroxylation sites is 1. The monoisotopic (exact) mass is 487 g/mol. The van der Waals surface area contributed by atoms with E-state index in [0.717, 1.165) is 16.8 Å². The average molecular weight is 488 g/mol. The van der Waals surface area contributed by atoms with Crippen LogP contribution in [0, 0.1) is 0 Å². The molecule has 0 unspecified atom stereocenters. The lowest BCUT2D eigenvalue weighted by molar-refractivity contribution is -0.137. The minimum atomic E-state index is -4.55. The van der Waals surface area contributed by atoms with E-state index in [1.165, 1.54) is 24.4 Å². The highest BCUT2D eigenvalue weighted by atomic mass is 79.9. The Bertz CT molecular complexity index is 1380. The fraction of sp³-hybridized carbons (Fsp3) is 0.0455. The number of hydrogen-bond donors (Lipinski definition) is 1. The SMILES string of the molecule is O=c1c2ccccc2nc(-c2cccc(C(F)(F)F)c2)n1N=Cc1cc(Br)ccc1O. The second-order valence-corrected chi connectivity index (χ2v) is 7.51. The summed E-state index contributed by atoms with van der Waals surface area (Å²) >= 11 is 3.29. The van der Waals surface area contributed by atoms with Gasteiger partial charge < -0.3 is 5.11 Å². The molecule has 1 N–H and O–H groups in total. The number of rotatable bonds is 3. The number of aromatic nitrogens is 2. The molecule has 1 heterocycles. The molecule has 0 aliphatic rings. The van der Waals surface area contributed by atoms with Gasteiger partial charge in [0.15, 0.2) is 5.82 Å². The van der Waals surface area contributed by atoms with Crippen LogP contribution in [0.15, 0.2) is 81.1 Å². The van der Waals surface area contributed by atoms with Crippen LogP contribution < -0.4 is 5.56 Å². The van der Waals surface area contributed by atoms with Gasteiger partial charge in [0.1, 0.15) is 5.75 Å². The number of phenolic OH excluding ortho intramolecular Hbond substituents is 1. The molecule has 3 aromatic carbocycles. The zero-order valence-corrected chi connectivity index (χ0v) is 17.2. The number of aromatic hydroxyl groups is 1. The van der Waals surface area contributed by atoms with Gasteiger partial charge in [-0.05, 0) is 42.5 Å². The molecule has 0 aliphatic heterocycles. The molecule has 5 nitrogen and oxygen atoms in total. The van der Waals surface area contributed by atoms with Crippen LogP contribution in [-0.2, 0) is 6.18 Å². The molecule has 4 aromatic rings.